The van der Waals surface area contributed by atoms with Crippen LogP contribution in [0.2, 0.25) is 0 Å². The number of ether oxygens (including phenoxy) is 6. The topological polar surface area (TPSA) is 189 Å². The Balaban J connectivity index is 1.81. The highest BCUT2D eigenvalue weighted by molar-refractivity contribution is 5.73. The number of rotatable bonds is 7. The average Bonchev–Trinajstić information content (AvgIpc) is 3.05. The molecule has 0 spiro atoms. The zero-order valence-electron chi connectivity index (χ0n) is 34.2. The first-order valence-corrected chi connectivity index (χ1v) is 19.8. The molecule has 0 radical (unpaired) electrons. The van der Waals surface area contributed by atoms with Crippen LogP contribution < -0.4 is 5.32 Å². The molecule has 4 fully saturated rings. The summed E-state index contributed by atoms with van der Waals surface area (Å²) in [6.07, 6.45) is -5.90. The molecule has 4 rings (SSSR count). The zero-order valence-corrected chi connectivity index (χ0v) is 34.2. The molecule has 310 valence electrons. The van der Waals surface area contributed by atoms with Gasteiger partial charge in [0.2, 0.25) is 0 Å². The maximum Gasteiger partial charge on any atom is 0.311 e. The SMILES string of the molecule is CO[C@]1(C)C[C@H](O[C@H]2[C@H](C)[C@@H](O[C@@H]3O[C@H](C)C[C@H](N(C)C)[C@H]3O)[C@@](C)(O)C[C@@H](C)CN[C@@H](C)[C@@H](O)[C@](C)(O)[C@H](C3CCC3)OC(=O)[C@@H]2C)O[C@@H](C)[C@@H]1O. The van der Waals surface area contributed by atoms with Gasteiger partial charge in [-0.15, -0.1) is 0 Å². The molecule has 4 aliphatic rings. The Morgan fingerprint density at radius 1 is 0.906 bits per heavy atom. The molecule has 0 amide bonds. The molecule has 53 heavy (non-hydrogen) atoms. The summed E-state index contributed by atoms with van der Waals surface area (Å²) in [5, 5.41) is 61.8. The number of aliphatic hydroxyl groups is 5. The van der Waals surface area contributed by atoms with E-state index in [9.17, 15) is 30.3 Å². The minimum Gasteiger partial charge on any atom is -0.459 e. The van der Waals surface area contributed by atoms with Gasteiger partial charge >= 0.3 is 5.97 Å². The predicted molar refractivity (Wildman–Crippen MR) is 197 cm³/mol. The van der Waals surface area contributed by atoms with Crippen LogP contribution in [0.3, 0.4) is 0 Å². The molecule has 3 aliphatic heterocycles. The number of aliphatic hydroxyl groups excluding tert-OH is 3. The third-order valence-electron chi connectivity index (χ3n) is 12.8. The summed E-state index contributed by atoms with van der Waals surface area (Å²) in [5.74, 6) is -2.68. The largest absolute Gasteiger partial charge is 0.459 e. The Labute approximate surface area is 317 Å². The smallest absolute Gasteiger partial charge is 0.311 e. The second-order valence-corrected chi connectivity index (χ2v) is 17.9. The fourth-order valence-electron chi connectivity index (χ4n) is 9.14. The number of hydrogen-bond donors (Lipinski definition) is 6. The van der Waals surface area contributed by atoms with Crippen molar-refractivity contribution in [1.29, 1.82) is 0 Å². The van der Waals surface area contributed by atoms with Crippen molar-refractivity contribution in [2.45, 2.75) is 191 Å². The molecule has 1 aliphatic carbocycles. The number of likely N-dealkylation sites (N-methyl/N-ethyl adjacent to an activating group) is 1. The summed E-state index contributed by atoms with van der Waals surface area (Å²) in [4.78, 5) is 16.3. The van der Waals surface area contributed by atoms with E-state index in [1.54, 1.807) is 34.6 Å². The molecule has 6 N–H and O–H groups in total. The van der Waals surface area contributed by atoms with Gasteiger partial charge in [-0.2, -0.15) is 0 Å². The van der Waals surface area contributed by atoms with Crippen molar-refractivity contribution in [3.05, 3.63) is 0 Å². The summed E-state index contributed by atoms with van der Waals surface area (Å²) in [7, 11) is 5.29. The van der Waals surface area contributed by atoms with Gasteiger partial charge in [0, 0.05) is 31.5 Å². The van der Waals surface area contributed by atoms with Crippen LogP contribution in [0.25, 0.3) is 0 Å². The van der Waals surface area contributed by atoms with Crippen LogP contribution in [0.5, 0.6) is 0 Å². The summed E-state index contributed by atoms with van der Waals surface area (Å²) >= 11 is 0. The number of carbonyl (C=O) groups excluding carboxylic acids is 1. The van der Waals surface area contributed by atoms with Gasteiger partial charge in [0.1, 0.15) is 30.0 Å². The first-order chi connectivity index (χ1) is 24.5. The lowest BCUT2D eigenvalue weighted by Crippen LogP contribution is -2.61. The van der Waals surface area contributed by atoms with Gasteiger partial charge in [-0.05, 0) is 107 Å². The van der Waals surface area contributed by atoms with Crippen molar-refractivity contribution in [2.75, 3.05) is 27.7 Å². The fraction of sp³-hybridized carbons (Fsp3) is 0.974. The van der Waals surface area contributed by atoms with Crippen molar-refractivity contribution in [2.24, 2.45) is 23.7 Å². The molecule has 14 heteroatoms. The molecule has 0 bridgehead atoms. The monoisotopic (exact) mass is 761 g/mol. The minimum atomic E-state index is -1.78. The Morgan fingerprint density at radius 2 is 1.55 bits per heavy atom. The van der Waals surface area contributed by atoms with Gasteiger partial charge in [0.05, 0.1) is 41.5 Å². The first kappa shape index (κ1) is 44.7. The Morgan fingerprint density at radius 3 is 2.11 bits per heavy atom. The highest BCUT2D eigenvalue weighted by Gasteiger charge is 2.54. The Hall–Kier alpha value is -1.01. The third-order valence-corrected chi connectivity index (χ3v) is 12.8. The van der Waals surface area contributed by atoms with Crippen molar-refractivity contribution >= 4 is 5.97 Å². The molecule has 0 aromatic carbocycles. The molecule has 14 nitrogen and oxygen atoms in total. The second kappa shape index (κ2) is 17.6. The molecule has 1 saturated carbocycles. The van der Waals surface area contributed by atoms with Crippen LogP contribution in [0, 0.1) is 23.7 Å². The van der Waals surface area contributed by atoms with Crippen LogP contribution in [0.15, 0.2) is 0 Å². The lowest BCUT2D eigenvalue weighted by Gasteiger charge is -2.49. The first-order valence-electron chi connectivity index (χ1n) is 19.8. The van der Waals surface area contributed by atoms with Gasteiger partial charge in [-0.25, -0.2) is 0 Å². The molecular formula is C39H72N2O12. The quantitative estimate of drug-likeness (QED) is 0.207. The summed E-state index contributed by atoms with van der Waals surface area (Å²) in [5.41, 5.74) is -4.35. The van der Waals surface area contributed by atoms with Crippen LogP contribution in [0.4, 0.5) is 0 Å². The second-order valence-electron chi connectivity index (χ2n) is 17.9. The number of nitrogens with one attached hydrogen (secondary N) is 1. The van der Waals surface area contributed by atoms with Gasteiger partial charge < -0.3 is 64.2 Å². The van der Waals surface area contributed by atoms with Crippen LogP contribution in [-0.4, -0.2) is 154 Å². The van der Waals surface area contributed by atoms with E-state index in [0.29, 0.717) is 13.0 Å². The Bertz CT molecular complexity index is 1190. The van der Waals surface area contributed by atoms with Crippen LogP contribution in [-0.2, 0) is 33.2 Å². The lowest BCUT2D eigenvalue weighted by molar-refractivity contribution is -0.318. The number of esters is 1. The molecular weight excluding hydrogens is 688 g/mol. The molecule has 18 atom stereocenters. The molecule has 0 unspecified atom stereocenters. The van der Waals surface area contributed by atoms with E-state index in [0.717, 1.165) is 19.3 Å². The van der Waals surface area contributed by atoms with E-state index < -0.39 is 96.0 Å². The molecule has 3 saturated heterocycles. The van der Waals surface area contributed by atoms with Crippen molar-refractivity contribution < 1.29 is 58.7 Å². The van der Waals surface area contributed by atoms with E-state index in [-0.39, 0.29) is 36.8 Å². The number of cyclic esters (lactones) is 1. The number of methoxy groups -OCH3 is 1. The van der Waals surface area contributed by atoms with Gasteiger partial charge in [-0.3, -0.25) is 4.79 Å². The fourth-order valence-corrected chi connectivity index (χ4v) is 9.14. The third kappa shape index (κ3) is 9.93. The summed E-state index contributed by atoms with van der Waals surface area (Å²) in [6.45, 7) is 16.3. The normalized spacial score (nSPS) is 50.2. The van der Waals surface area contributed by atoms with Gasteiger partial charge in [0.15, 0.2) is 12.6 Å². The summed E-state index contributed by atoms with van der Waals surface area (Å²) in [6, 6.07) is -0.843. The number of carbonyl (C=O) groups is 1. The van der Waals surface area contributed by atoms with Crippen molar-refractivity contribution in [3.8, 4) is 0 Å². The Kier molecular flexibility index (Phi) is 14.9. The molecule has 0 aromatic rings. The zero-order chi connectivity index (χ0) is 39.8. The number of hydrogen-bond acceptors (Lipinski definition) is 14. The maximum absolute atomic E-state index is 14.4. The lowest BCUT2D eigenvalue weighted by atomic mass is 9.72. The van der Waals surface area contributed by atoms with Crippen LogP contribution in [0.1, 0.15) is 101 Å². The highest BCUT2D eigenvalue weighted by atomic mass is 16.7. The number of nitrogens with zero attached hydrogens (tertiary/aromatic N) is 1. The molecule has 0 aromatic heterocycles. The van der Waals surface area contributed by atoms with E-state index in [1.807, 2.05) is 39.8 Å². The standard InChI is InChI=1S/C39H72N2O12/c1-20-17-37(7,46)33(53-36-29(42)27(41(10)11)16-21(2)49-36)22(3)30(51-28-18-38(8,48-12)32(44)25(6)50-28)23(4)35(45)52-34(26-14-13-15-26)39(9,47)31(43)24(5)40-19-20/h20-34,36,40,42-44,46-47H,13-19H2,1-12H3/t20-,21-,22+,23-,24+,25+,27+,28+,29-,30+,31-,32+,33-,34+,36+,37+,38-,39+/m1/s1. The minimum absolute atomic E-state index is 0.139. The average molecular weight is 761 g/mol. The van der Waals surface area contributed by atoms with Gasteiger partial charge in [0.25, 0.3) is 0 Å². The maximum atomic E-state index is 14.4. The van der Waals surface area contributed by atoms with Crippen molar-refractivity contribution in [1.82, 2.24) is 10.2 Å². The van der Waals surface area contributed by atoms with E-state index >= 15 is 0 Å². The van der Waals surface area contributed by atoms with E-state index in [1.165, 1.54) is 14.0 Å². The predicted octanol–water partition coefficient (Wildman–Crippen LogP) is 1.95. The van der Waals surface area contributed by atoms with E-state index in [2.05, 4.69) is 5.32 Å². The molecule has 3 heterocycles. The van der Waals surface area contributed by atoms with E-state index in [4.69, 9.17) is 28.4 Å². The highest BCUT2D eigenvalue weighted by Crippen LogP contribution is 2.42. The summed E-state index contributed by atoms with van der Waals surface area (Å²) < 4.78 is 37.9. The van der Waals surface area contributed by atoms with Crippen molar-refractivity contribution in [3.63, 3.8) is 0 Å². The van der Waals surface area contributed by atoms with Gasteiger partial charge in [-0.1, -0.05) is 20.3 Å². The van der Waals surface area contributed by atoms with Crippen LogP contribution >= 0.6 is 0 Å².